The number of rotatable bonds is 5. The summed E-state index contributed by atoms with van der Waals surface area (Å²) in [4.78, 5) is 12.6. The summed E-state index contributed by atoms with van der Waals surface area (Å²) in [6, 6.07) is 8.39. The fourth-order valence-electron chi connectivity index (χ4n) is 1.58. The Morgan fingerprint density at radius 2 is 2.07 bits per heavy atom. The summed E-state index contributed by atoms with van der Waals surface area (Å²) in [5.74, 6) is -0.288. The maximum atomic E-state index is 10.7. The second-order valence-corrected chi connectivity index (χ2v) is 3.81. The van der Waals surface area contributed by atoms with Gasteiger partial charge in [-0.1, -0.05) is 31.2 Å². The number of amides is 1. The lowest BCUT2D eigenvalue weighted by Gasteiger charge is -2.14. The summed E-state index contributed by atoms with van der Waals surface area (Å²) in [6.45, 7) is 3.19. The summed E-state index contributed by atoms with van der Waals surface area (Å²) in [6.07, 6.45) is 1.04. The van der Waals surface area contributed by atoms with E-state index in [9.17, 15) is 4.79 Å². The fraction of sp³-hybridized carbons (Fsp3) is 0.417. The standard InChI is InChI=1S/C12H18N2O/c1-3-10-5-4-6-11(7-10)8-14(2)9-12(13)15/h4-7H,3,8-9H2,1-2H3,(H2,13,15). The number of aryl methyl sites for hydroxylation is 1. The van der Waals surface area contributed by atoms with Gasteiger partial charge in [-0.2, -0.15) is 0 Å². The molecule has 82 valence electrons. The number of nitrogens with zero attached hydrogens (tertiary/aromatic N) is 1. The second kappa shape index (κ2) is 5.51. The van der Waals surface area contributed by atoms with Crippen LogP contribution in [0.25, 0.3) is 0 Å². The number of nitrogens with two attached hydrogens (primary N) is 1. The first kappa shape index (κ1) is 11.7. The van der Waals surface area contributed by atoms with Crippen LogP contribution >= 0.6 is 0 Å². The average Bonchev–Trinajstić information content (AvgIpc) is 2.16. The first-order valence-corrected chi connectivity index (χ1v) is 5.16. The van der Waals surface area contributed by atoms with Crippen molar-refractivity contribution in [2.24, 2.45) is 5.73 Å². The molecule has 0 aliphatic rings. The van der Waals surface area contributed by atoms with E-state index in [0.717, 1.165) is 13.0 Å². The largest absolute Gasteiger partial charge is 0.369 e. The number of likely N-dealkylation sites (N-methyl/N-ethyl adjacent to an activating group) is 1. The number of primary amides is 1. The Morgan fingerprint density at radius 3 is 2.67 bits per heavy atom. The molecule has 1 aromatic rings. The van der Waals surface area contributed by atoms with Crippen LogP contribution in [0.3, 0.4) is 0 Å². The van der Waals surface area contributed by atoms with E-state index in [1.165, 1.54) is 11.1 Å². The molecule has 0 aromatic heterocycles. The van der Waals surface area contributed by atoms with Crippen molar-refractivity contribution in [2.45, 2.75) is 19.9 Å². The topological polar surface area (TPSA) is 46.3 Å². The summed E-state index contributed by atoms with van der Waals surface area (Å²) < 4.78 is 0. The van der Waals surface area contributed by atoms with Crippen molar-refractivity contribution in [1.29, 1.82) is 0 Å². The highest BCUT2D eigenvalue weighted by Crippen LogP contribution is 2.07. The van der Waals surface area contributed by atoms with Crippen molar-refractivity contribution in [3.8, 4) is 0 Å². The smallest absolute Gasteiger partial charge is 0.231 e. The molecule has 3 heteroatoms. The summed E-state index contributed by atoms with van der Waals surface area (Å²) >= 11 is 0. The number of hydrogen-bond donors (Lipinski definition) is 1. The highest BCUT2D eigenvalue weighted by atomic mass is 16.1. The molecule has 0 spiro atoms. The molecule has 0 bridgehead atoms. The van der Waals surface area contributed by atoms with E-state index in [4.69, 9.17) is 5.73 Å². The van der Waals surface area contributed by atoms with E-state index in [1.807, 2.05) is 18.0 Å². The minimum atomic E-state index is -0.288. The molecule has 1 amide bonds. The molecular formula is C12H18N2O. The van der Waals surface area contributed by atoms with Gasteiger partial charge in [0.25, 0.3) is 0 Å². The van der Waals surface area contributed by atoms with Gasteiger partial charge in [0, 0.05) is 6.54 Å². The first-order valence-electron chi connectivity index (χ1n) is 5.16. The lowest BCUT2D eigenvalue weighted by atomic mass is 10.1. The van der Waals surface area contributed by atoms with Crippen LogP contribution < -0.4 is 5.73 Å². The van der Waals surface area contributed by atoms with Gasteiger partial charge in [0.1, 0.15) is 0 Å². The molecule has 1 rings (SSSR count). The molecule has 15 heavy (non-hydrogen) atoms. The molecule has 0 aliphatic carbocycles. The zero-order chi connectivity index (χ0) is 11.3. The molecule has 0 unspecified atom stereocenters. The van der Waals surface area contributed by atoms with Crippen molar-refractivity contribution in [2.75, 3.05) is 13.6 Å². The summed E-state index contributed by atoms with van der Waals surface area (Å²) in [5, 5.41) is 0. The lowest BCUT2D eigenvalue weighted by Crippen LogP contribution is -2.30. The molecular weight excluding hydrogens is 188 g/mol. The first-order chi connectivity index (χ1) is 7.11. The molecule has 1 aromatic carbocycles. The predicted molar refractivity (Wildman–Crippen MR) is 61.3 cm³/mol. The zero-order valence-corrected chi connectivity index (χ0v) is 9.36. The number of benzene rings is 1. The van der Waals surface area contributed by atoms with Crippen molar-refractivity contribution < 1.29 is 4.79 Å². The minimum absolute atomic E-state index is 0.288. The van der Waals surface area contributed by atoms with E-state index in [0.29, 0.717) is 6.54 Å². The number of hydrogen-bond acceptors (Lipinski definition) is 2. The van der Waals surface area contributed by atoms with E-state index < -0.39 is 0 Å². The van der Waals surface area contributed by atoms with Gasteiger partial charge >= 0.3 is 0 Å². The quantitative estimate of drug-likeness (QED) is 0.786. The van der Waals surface area contributed by atoms with Gasteiger partial charge in [-0.05, 0) is 24.6 Å². The van der Waals surface area contributed by atoms with Crippen molar-refractivity contribution in [3.05, 3.63) is 35.4 Å². The Hall–Kier alpha value is -1.35. The van der Waals surface area contributed by atoms with Crippen LogP contribution in [0.1, 0.15) is 18.1 Å². The molecule has 0 saturated heterocycles. The minimum Gasteiger partial charge on any atom is -0.369 e. The highest BCUT2D eigenvalue weighted by molar-refractivity contribution is 5.75. The number of carbonyl (C=O) groups excluding carboxylic acids is 1. The number of carbonyl (C=O) groups is 1. The Labute approximate surface area is 90.9 Å². The van der Waals surface area contributed by atoms with Crippen LogP contribution in [0.4, 0.5) is 0 Å². The molecule has 0 saturated carbocycles. The van der Waals surface area contributed by atoms with Crippen LogP contribution in [-0.4, -0.2) is 24.4 Å². The van der Waals surface area contributed by atoms with Crippen LogP contribution in [0.15, 0.2) is 24.3 Å². The SMILES string of the molecule is CCc1cccc(CN(C)CC(N)=O)c1. The van der Waals surface area contributed by atoms with E-state index in [-0.39, 0.29) is 5.91 Å². The molecule has 2 N–H and O–H groups in total. The van der Waals surface area contributed by atoms with Crippen LogP contribution in [0, 0.1) is 0 Å². The van der Waals surface area contributed by atoms with Crippen molar-refractivity contribution >= 4 is 5.91 Å². The monoisotopic (exact) mass is 206 g/mol. The molecule has 0 fully saturated rings. The van der Waals surface area contributed by atoms with E-state index in [1.54, 1.807) is 0 Å². The van der Waals surface area contributed by atoms with Gasteiger partial charge in [-0.25, -0.2) is 0 Å². The summed E-state index contributed by atoms with van der Waals surface area (Å²) in [7, 11) is 1.89. The Morgan fingerprint density at radius 1 is 1.40 bits per heavy atom. The van der Waals surface area contributed by atoms with Gasteiger partial charge in [-0.15, -0.1) is 0 Å². The molecule has 0 aliphatic heterocycles. The predicted octanol–water partition coefficient (Wildman–Crippen LogP) is 1.17. The Kier molecular flexibility index (Phi) is 4.31. The van der Waals surface area contributed by atoms with Gasteiger partial charge in [0.15, 0.2) is 0 Å². The maximum Gasteiger partial charge on any atom is 0.231 e. The summed E-state index contributed by atoms with van der Waals surface area (Å²) in [5.41, 5.74) is 7.66. The van der Waals surface area contributed by atoms with Crippen LogP contribution in [-0.2, 0) is 17.8 Å². The molecule has 0 heterocycles. The molecule has 0 radical (unpaired) electrons. The maximum absolute atomic E-state index is 10.7. The van der Waals surface area contributed by atoms with Gasteiger partial charge in [0.2, 0.25) is 5.91 Å². The van der Waals surface area contributed by atoms with Gasteiger partial charge < -0.3 is 5.73 Å². The van der Waals surface area contributed by atoms with Crippen LogP contribution in [0.2, 0.25) is 0 Å². The molecule has 3 nitrogen and oxygen atoms in total. The lowest BCUT2D eigenvalue weighted by molar-refractivity contribution is -0.118. The highest BCUT2D eigenvalue weighted by Gasteiger charge is 2.03. The van der Waals surface area contributed by atoms with E-state index in [2.05, 4.69) is 25.1 Å². The zero-order valence-electron chi connectivity index (χ0n) is 9.36. The van der Waals surface area contributed by atoms with Crippen molar-refractivity contribution in [1.82, 2.24) is 4.90 Å². The Balaban J connectivity index is 2.59. The average molecular weight is 206 g/mol. The van der Waals surface area contributed by atoms with Gasteiger partial charge in [0.05, 0.1) is 6.54 Å². The van der Waals surface area contributed by atoms with Crippen molar-refractivity contribution in [3.63, 3.8) is 0 Å². The fourth-order valence-corrected chi connectivity index (χ4v) is 1.58. The van der Waals surface area contributed by atoms with Gasteiger partial charge in [-0.3, -0.25) is 9.69 Å². The third-order valence-corrected chi connectivity index (χ3v) is 2.28. The third-order valence-electron chi connectivity index (χ3n) is 2.28. The van der Waals surface area contributed by atoms with Crippen LogP contribution in [0.5, 0.6) is 0 Å². The Bertz CT molecular complexity index is 336. The normalized spacial score (nSPS) is 10.6. The third kappa shape index (κ3) is 4.13. The van der Waals surface area contributed by atoms with E-state index >= 15 is 0 Å². The second-order valence-electron chi connectivity index (χ2n) is 3.81. The molecule has 0 atom stereocenters.